The molecule has 6 heteroatoms. The number of benzene rings is 3. The lowest BCUT2D eigenvalue weighted by Crippen LogP contribution is -2.08. The molecule has 28 heavy (non-hydrogen) atoms. The number of halogens is 1. The number of aromatic nitrogens is 3. The van der Waals surface area contributed by atoms with Gasteiger partial charge in [-0.05, 0) is 55.5 Å². The van der Waals surface area contributed by atoms with Gasteiger partial charge < -0.3 is 4.74 Å². The third-order valence-corrected chi connectivity index (χ3v) is 4.57. The number of ether oxygens (including phenoxy) is 1. The van der Waals surface area contributed by atoms with Crippen LogP contribution in [0.25, 0.3) is 16.9 Å². The van der Waals surface area contributed by atoms with Crippen molar-refractivity contribution in [2.24, 2.45) is 0 Å². The van der Waals surface area contributed by atoms with E-state index in [1.807, 2.05) is 49.4 Å². The number of rotatable bonds is 4. The Labute approximate surface area is 167 Å². The van der Waals surface area contributed by atoms with Crippen LogP contribution < -0.4 is 4.74 Å². The van der Waals surface area contributed by atoms with E-state index in [1.54, 1.807) is 41.1 Å². The van der Waals surface area contributed by atoms with E-state index < -0.39 is 5.97 Å². The second-order valence-electron chi connectivity index (χ2n) is 6.19. The summed E-state index contributed by atoms with van der Waals surface area (Å²) in [6.07, 6.45) is 0. The van der Waals surface area contributed by atoms with E-state index in [-0.39, 0.29) is 0 Å². The fourth-order valence-corrected chi connectivity index (χ4v) is 2.97. The van der Waals surface area contributed by atoms with E-state index >= 15 is 0 Å². The summed E-state index contributed by atoms with van der Waals surface area (Å²) in [5, 5.41) is 9.12. The molecule has 0 aliphatic heterocycles. The highest BCUT2D eigenvalue weighted by molar-refractivity contribution is 6.30. The van der Waals surface area contributed by atoms with Crippen molar-refractivity contribution in [1.82, 2.24) is 15.0 Å². The Morgan fingerprint density at radius 2 is 1.61 bits per heavy atom. The predicted molar refractivity (Wildman–Crippen MR) is 108 cm³/mol. The molecule has 138 valence electrons. The zero-order chi connectivity index (χ0) is 19.5. The third kappa shape index (κ3) is 3.66. The topological polar surface area (TPSA) is 57.0 Å². The summed E-state index contributed by atoms with van der Waals surface area (Å²) < 4.78 is 7.17. The van der Waals surface area contributed by atoms with Crippen LogP contribution in [0.1, 0.15) is 16.1 Å². The summed E-state index contributed by atoms with van der Waals surface area (Å²) in [5.41, 5.74) is 4.04. The van der Waals surface area contributed by atoms with Crippen molar-refractivity contribution < 1.29 is 9.53 Å². The average molecular weight is 390 g/mol. The molecule has 0 unspecified atom stereocenters. The number of carbonyl (C=O) groups excluding carboxylic acids is 1. The summed E-state index contributed by atoms with van der Waals surface area (Å²) in [5.74, 6) is 0.0115. The van der Waals surface area contributed by atoms with Crippen LogP contribution in [0.4, 0.5) is 0 Å². The van der Waals surface area contributed by atoms with Crippen LogP contribution in [-0.2, 0) is 0 Å². The molecular formula is C22H16ClN3O2. The molecule has 0 aliphatic carbocycles. The van der Waals surface area contributed by atoms with Crippen LogP contribution in [0.15, 0.2) is 78.9 Å². The summed E-state index contributed by atoms with van der Waals surface area (Å²) in [6.45, 7) is 1.97. The van der Waals surface area contributed by atoms with Crippen molar-refractivity contribution in [1.29, 1.82) is 0 Å². The quantitative estimate of drug-likeness (QED) is 0.359. The van der Waals surface area contributed by atoms with Gasteiger partial charge >= 0.3 is 5.97 Å². The van der Waals surface area contributed by atoms with Gasteiger partial charge in [0.25, 0.3) is 0 Å². The van der Waals surface area contributed by atoms with Gasteiger partial charge in [-0.3, -0.25) is 0 Å². The molecule has 4 rings (SSSR count). The zero-order valence-electron chi connectivity index (χ0n) is 15.0. The first kappa shape index (κ1) is 17.9. The van der Waals surface area contributed by atoms with Gasteiger partial charge in [0.05, 0.1) is 16.9 Å². The van der Waals surface area contributed by atoms with Crippen LogP contribution in [0.2, 0.25) is 5.02 Å². The first-order chi connectivity index (χ1) is 13.6. The van der Waals surface area contributed by atoms with Gasteiger partial charge in [-0.25, -0.2) is 9.48 Å². The van der Waals surface area contributed by atoms with E-state index in [1.165, 1.54) is 0 Å². The maximum Gasteiger partial charge on any atom is 0.343 e. The second-order valence-corrected chi connectivity index (χ2v) is 6.63. The molecule has 1 aromatic heterocycles. The molecule has 4 aromatic rings. The molecule has 0 aliphatic rings. The van der Waals surface area contributed by atoms with Crippen molar-refractivity contribution in [3.05, 3.63) is 95.1 Å². The molecule has 0 fully saturated rings. The van der Waals surface area contributed by atoms with E-state index in [2.05, 4.69) is 10.3 Å². The van der Waals surface area contributed by atoms with Crippen LogP contribution in [-0.4, -0.2) is 21.0 Å². The van der Waals surface area contributed by atoms with E-state index in [0.29, 0.717) is 16.3 Å². The molecule has 0 bridgehead atoms. The summed E-state index contributed by atoms with van der Waals surface area (Å²) in [7, 11) is 0. The highest BCUT2D eigenvalue weighted by atomic mass is 35.5. The van der Waals surface area contributed by atoms with Crippen LogP contribution in [0.3, 0.4) is 0 Å². The maximum absolute atomic E-state index is 12.2. The molecule has 1 heterocycles. The minimum atomic E-state index is -0.437. The summed E-state index contributed by atoms with van der Waals surface area (Å²) >= 11 is 5.84. The molecular weight excluding hydrogens is 374 g/mol. The van der Waals surface area contributed by atoms with Gasteiger partial charge in [0.1, 0.15) is 11.4 Å². The number of nitrogens with zero attached hydrogens (tertiary/aromatic N) is 3. The Balaban J connectivity index is 1.53. The molecule has 0 saturated heterocycles. The van der Waals surface area contributed by atoms with E-state index in [9.17, 15) is 4.79 Å². The first-order valence-corrected chi connectivity index (χ1v) is 9.05. The molecule has 0 spiro atoms. The first-order valence-electron chi connectivity index (χ1n) is 8.68. The average Bonchev–Trinajstić information content (AvgIpc) is 3.11. The number of hydrogen-bond donors (Lipinski definition) is 0. The fraction of sp³-hybridized carbons (Fsp3) is 0.0455. The van der Waals surface area contributed by atoms with Crippen molar-refractivity contribution in [3.8, 4) is 22.7 Å². The smallest absolute Gasteiger partial charge is 0.343 e. The van der Waals surface area contributed by atoms with Gasteiger partial charge in [0.2, 0.25) is 0 Å². The lowest BCUT2D eigenvalue weighted by atomic mass is 10.1. The van der Waals surface area contributed by atoms with E-state index in [4.69, 9.17) is 16.3 Å². The van der Waals surface area contributed by atoms with E-state index in [0.717, 1.165) is 22.6 Å². The highest BCUT2D eigenvalue weighted by Gasteiger charge is 2.13. The largest absolute Gasteiger partial charge is 0.423 e. The predicted octanol–water partition coefficient (Wildman–Crippen LogP) is 5.12. The Bertz CT molecular complexity index is 1100. The molecule has 0 amide bonds. The van der Waals surface area contributed by atoms with Gasteiger partial charge in [-0.1, -0.05) is 47.1 Å². The SMILES string of the molecule is Cc1c(-c2ccccc2)nnn1-c1ccc(OC(=O)c2ccc(Cl)cc2)cc1. The zero-order valence-corrected chi connectivity index (χ0v) is 15.8. The van der Waals surface area contributed by atoms with Gasteiger partial charge in [0.15, 0.2) is 0 Å². The molecule has 0 radical (unpaired) electrons. The molecule has 3 aromatic carbocycles. The minimum Gasteiger partial charge on any atom is -0.423 e. The number of hydrogen-bond acceptors (Lipinski definition) is 4. The normalized spacial score (nSPS) is 10.6. The third-order valence-electron chi connectivity index (χ3n) is 4.31. The Morgan fingerprint density at radius 1 is 0.929 bits per heavy atom. The number of esters is 1. The van der Waals surface area contributed by atoms with Crippen LogP contribution in [0, 0.1) is 6.92 Å². The highest BCUT2D eigenvalue weighted by Crippen LogP contribution is 2.23. The van der Waals surface area contributed by atoms with Crippen molar-refractivity contribution >= 4 is 17.6 Å². The van der Waals surface area contributed by atoms with Crippen LogP contribution >= 0.6 is 11.6 Å². The Morgan fingerprint density at radius 3 is 2.29 bits per heavy atom. The lowest BCUT2D eigenvalue weighted by Gasteiger charge is -2.07. The molecule has 0 saturated carbocycles. The van der Waals surface area contributed by atoms with Gasteiger partial charge in [0, 0.05) is 10.6 Å². The molecule has 0 atom stereocenters. The van der Waals surface area contributed by atoms with Gasteiger partial charge in [-0.15, -0.1) is 5.10 Å². The lowest BCUT2D eigenvalue weighted by molar-refractivity contribution is 0.0735. The fourth-order valence-electron chi connectivity index (χ4n) is 2.84. The summed E-state index contributed by atoms with van der Waals surface area (Å²) in [6, 6.07) is 23.6. The second kappa shape index (κ2) is 7.66. The maximum atomic E-state index is 12.2. The molecule has 0 N–H and O–H groups in total. The summed E-state index contributed by atoms with van der Waals surface area (Å²) in [4.78, 5) is 12.2. The number of carbonyl (C=O) groups is 1. The van der Waals surface area contributed by atoms with Crippen molar-refractivity contribution in [2.75, 3.05) is 0 Å². The van der Waals surface area contributed by atoms with Crippen molar-refractivity contribution in [2.45, 2.75) is 6.92 Å². The van der Waals surface area contributed by atoms with Gasteiger partial charge in [-0.2, -0.15) is 0 Å². The monoisotopic (exact) mass is 389 g/mol. The Kier molecular flexibility index (Phi) is 4.91. The van der Waals surface area contributed by atoms with Crippen molar-refractivity contribution in [3.63, 3.8) is 0 Å². The molecule has 5 nitrogen and oxygen atoms in total. The Hall–Kier alpha value is -3.44. The standard InChI is InChI=1S/C22H16ClN3O2/c1-15-21(16-5-3-2-4-6-16)24-25-26(15)19-11-13-20(14-12-19)28-22(27)17-7-9-18(23)10-8-17/h2-14H,1H3. The minimum absolute atomic E-state index is 0.437. The van der Waals surface area contributed by atoms with Crippen LogP contribution in [0.5, 0.6) is 5.75 Å².